The maximum Gasteiger partial charge on any atom is 0.322 e. The lowest BCUT2D eigenvalue weighted by Crippen LogP contribution is -2.36. The molecule has 1 aromatic carbocycles. The minimum Gasteiger partial charge on any atom is -0.505 e. The van der Waals surface area contributed by atoms with Crippen LogP contribution in [0.15, 0.2) is 29.1 Å². The molecule has 0 radical (unpaired) electrons. The van der Waals surface area contributed by atoms with Gasteiger partial charge in [-0.2, -0.15) is 0 Å². The number of aromatic nitrogens is 2. The SMILES string of the molecule is Cn1c(=O)c(C(=O)NCC(=O)O)c(O)c2cc3ccc(C(N)=O)cc3n21. The number of hydrogen-bond acceptors (Lipinski definition) is 5. The zero-order valence-electron chi connectivity index (χ0n) is 13.5. The quantitative estimate of drug-likeness (QED) is 0.488. The van der Waals surface area contributed by atoms with E-state index in [4.69, 9.17) is 10.8 Å². The van der Waals surface area contributed by atoms with Crippen LogP contribution in [0.1, 0.15) is 20.7 Å². The number of carboxylic acids is 1. The van der Waals surface area contributed by atoms with Gasteiger partial charge in [-0.25, -0.2) is 9.20 Å². The molecule has 0 spiro atoms. The molecule has 2 heterocycles. The van der Waals surface area contributed by atoms with E-state index in [1.807, 2.05) is 5.32 Å². The highest BCUT2D eigenvalue weighted by Crippen LogP contribution is 2.28. The summed E-state index contributed by atoms with van der Waals surface area (Å²) in [6.07, 6.45) is 0. The number of carboxylic acid groups (broad SMARTS) is 1. The fraction of sp³-hybridized carbons (Fsp3) is 0.125. The molecular formula is C16H14N4O6. The van der Waals surface area contributed by atoms with Crippen molar-refractivity contribution in [3.63, 3.8) is 0 Å². The van der Waals surface area contributed by atoms with Crippen LogP contribution in [-0.4, -0.2) is 43.7 Å². The number of hydrogen-bond donors (Lipinski definition) is 4. The van der Waals surface area contributed by atoms with Crippen LogP contribution in [0.4, 0.5) is 0 Å². The standard InChI is InChI=1S/C16H14N4O6/c1-19-16(26)12(15(25)18-6-11(21)22)13(23)10-4-7-2-3-8(14(17)24)5-9(7)20(10)19/h2-5,23H,6H2,1H3,(H2,17,24)(H,18,25)(H,21,22). The highest BCUT2D eigenvalue weighted by Gasteiger charge is 2.23. The molecule has 2 amide bonds. The smallest absolute Gasteiger partial charge is 0.322 e. The highest BCUT2D eigenvalue weighted by molar-refractivity contribution is 6.02. The van der Waals surface area contributed by atoms with Gasteiger partial charge in [0.15, 0.2) is 5.75 Å². The molecule has 26 heavy (non-hydrogen) atoms. The number of nitrogens with two attached hydrogens (primary N) is 1. The molecule has 5 N–H and O–H groups in total. The van der Waals surface area contributed by atoms with Gasteiger partial charge in [0.25, 0.3) is 11.5 Å². The molecule has 0 bridgehead atoms. The van der Waals surface area contributed by atoms with E-state index in [-0.39, 0.29) is 11.1 Å². The second kappa shape index (κ2) is 5.92. The van der Waals surface area contributed by atoms with Crippen molar-refractivity contribution in [1.82, 2.24) is 14.5 Å². The molecule has 10 heteroatoms. The lowest BCUT2D eigenvalue weighted by Gasteiger charge is -2.11. The Balaban J connectivity index is 2.30. The summed E-state index contributed by atoms with van der Waals surface area (Å²) < 4.78 is 2.42. The van der Waals surface area contributed by atoms with Crippen LogP contribution in [0.2, 0.25) is 0 Å². The molecule has 3 rings (SSSR count). The first-order valence-electron chi connectivity index (χ1n) is 7.39. The molecule has 0 fully saturated rings. The topological polar surface area (TPSA) is 156 Å². The molecule has 3 aromatic rings. The second-order valence-electron chi connectivity index (χ2n) is 5.61. The number of rotatable bonds is 4. The van der Waals surface area contributed by atoms with Crippen LogP contribution < -0.4 is 16.6 Å². The fourth-order valence-corrected chi connectivity index (χ4v) is 2.76. The number of nitrogens with zero attached hydrogens (tertiary/aromatic N) is 2. The first-order chi connectivity index (χ1) is 12.2. The Hall–Kier alpha value is -3.82. The fourth-order valence-electron chi connectivity index (χ4n) is 2.76. The van der Waals surface area contributed by atoms with Crippen LogP contribution in [0.5, 0.6) is 5.75 Å². The van der Waals surface area contributed by atoms with Gasteiger partial charge in [0.1, 0.15) is 17.6 Å². The zero-order chi connectivity index (χ0) is 19.2. The molecule has 0 aliphatic heterocycles. The van der Waals surface area contributed by atoms with Crippen molar-refractivity contribution in [2.24, 2.45) is 12.8 Å². The van der Waals surface area contributed by atoms with E-state index in [1.54, 1.807) is 6.07 Å². The summed E-state index contributed by atoms with van der Waals surface area (Å²) in [5.74, 6) is -3.53. The van der Waals surface area contributed by atoms with Crippen LogP contribution in [-0.2, 0) is 11.8 Å². The van der Waals surface area contributed by atoms with Gasteiger partial charge in [-0.15, -0.1) is 0 Å². The van der Waals surface area contributed by atoms with Crippen LogP contribution in [0.3, 0.4) is 0 Å². The average molecular weight is 358 g/mol. The van der Waals surface area contributed by atoms with Crippen LogP contribution >= 0.6 is 0 Å². The van der Waals surface area contributed by atoms with Crippen molar-refractivity contribution in [2.45, 2.75) is 0 Å². The Bertz CT molecular complexity index is 1160. The molecule has 134 valence electrons. The van der Waals surface area contributed by atoms with Crippen molar-refractivity contribution in [3.05, 3.63) is 45.7 Å². The van der Waals surface area contributed by atoms with Crippen molar-refractivity contribution in [1.29, 1.82) is 0 Å². The molecular weight excluding hydrogens is 344 g/mol. The zero-order valence-corrected chi connectivity index (χ0v) is 13.5. The number of aromatic hydroxyl groups is 1. The number of fused-ring (bicyclic) bond motifs is 3. The van der Waals surface area contributed by atoms with Gasteiger partial charge in [0, 0.05) is 18.0 Å². The Morgan fingerprint density at radius 1 is 1.19 bits per heavy atom. The number of aryl methyl sites for hydroxylation is 1. The lowest BCUT2D eigenvalue weighted by atomic mass is 10.1. The number of nitrogens with one attached hydrogen (secondary N) is 1. The van der Waals surface area contributed by atoms with Gasteiger partial charge in [0.05, 0.1) is 5.52 Å². The summed E-state index contributed by atoms with van der Waals surface area (Å²) in [5.41, 5.74) is 4.66. The normalized spacial score (nSPS) is 11.0. The van der Waals surface area contributed by atoms with Gasteiger partial charge in [-0.05, 0) is 18.2 Å². The number of carbonyl (C=O) groups is 3. The van der Waals surface area contributed by atoms with Gasteiger partial charge in [-0.3, -0.25) is 19.2 Å². The molecule has 2 aromatic heterocycles. The molecule has 0 atom stereocenters. The average Bonchev–Trinajstić information content (AvgIpc) is 2.97. The minimum absolute atomic E-state index is 0.143. The van der Waals surface area contributed by atoms with Gasteiger partial charge >= 0.3 is 5.97 Å². The largest absolute Gasteiger partial charge is 0.505 e. The number of amides is 2. The van der Waals surface area contributed by atoms with Crippen molar-refractivity contribution in [2.75, 3.05) is 6.54 Å². The van der Waals surface area contributed by atoms with E-state index in [9.17, 15) is 24.3 Å². The predicted molar refractivity (Wildman–Crippen MR) is 90.3 cm³/mol. The lowest BCUT2D eigenvalue weighted by molar-refractivity contribution is -0.135. The molecule has 0 saturated carbocycles. The third kappa shape index (κ3) is 2.53. The highest BCUT2D eigenvalue weighted by atomic mass is 16.4. The number of benzene rings is 1. The minimum atomic E-state index is -1.29. The van der Waals surface area contributed by atoms with Crippen molar-refractivity contribution >= 4 is 34.2 Å². The summed E-state index contributed by atoms with van der Waals surface area (Å²) in [5, 5.41) is 21.7. The molecule has 10 nitrogen and oxygen atoms in total. The monoisotopic (exact) mass is 358 g/mol. The van der Waals surface area contributed by atoms with E-state index in [0.29, 0.717) is 10.9 Å². The number of carbonyl (C=O) groups excluding carboxylic acids is 2. The van der Waals surface area contributed by atoms with E-state index >= 15 is 0 Å². The summed E-state index contributed by atoms with van der Waals surface area (Å²) in [7, 11) is 1.37. The Labute approximate surface area is 145 Å². The van der Waals surface area contributed by atoms with Gasteiger partial charge in [-0.1, -0.05) is 6.07 Å². The third-order valence-corrected chi connectivity index (χ3v) is 3.98. The first kappa shape index (κ1) is 17.0. The van der Waals surface area contributed by atoms with Crippen molar-refractivity contribution in [3.8, 4) is 5.75 Å². The van der Waals surface area contributed by atoms with Gasteiger partial charge in [0.2, 0.25) is 5.91 Å². The van der Waals surface area contributed by atoms with Crippen LogP contribution in [0.25, 0.3) is 16.4 Å². The first-order valence-corrected chi connectivity index (χ1v) is 7.39. The van der Waals surface area contributed by atoms with E-state index < -0.39 is 41.2 Å². The summed E-state index contributed by atoms with van der Waals surface area (Å²) in [4.78, 5) is 46.6. The van der Waals surface area contributed by atoms with E-state index in [2.05, 4.69) is 0 Å². The maximum absolute atomic E-state index is 12.5. The molecule has 0 saturated heterocycles. The van der Waals surface area contributed by atoms with E-state index in [0.717, 1.165) is 4.68 Å². The molecule has 0 aliphatic rings. The predicted octanol–water partition coefficient (Wildman–Crippen LogP) is -0.590. The molecule has 0 aliphatic carbocycles. The Kier molecular flexibility index (Phi) is 3.87. The maximum atomic E-state index is 12.5. The third-order valence-electron chi connectivity index (χ3n) is 3.98. The second-order valence-corrected chi connectivity index (χ2v) is 5.61. The van der Waals surface area contributed by atoms with Crippen LogP contribution in [0, 0.1) is 0 Å². The Morgan fingerprint density at radius 2 is 1.88 bits per heavy atom. The summed E-state index contributed by atoms with van der Waals surface area (Å²) in [6, 6.07) is 6.09. The van der Waals surface area contributed by atoms with Gasteiger partial charge < -0.3 is 21.3 Å². The molecule has 0 unspecified atom stereocenters. The number of aliphatic carboxylic acids is 1. The van der Waals surface area contributed by atoms with Crippen molar-refractivity contribution < 1.29 is 24.6 Å². The number of primary amides is 1. The van der Waals surface area contributed by atoms with E-state index in [1.165, 1.54) is 29.8 Å². The summed E-state index contributed by atoms with van der Waals surface area (Å²) in [6.45, 7) is -0.697. The summed E-state index contributed by atoms with van der Waals surface area (Å²) >= 11 is 0. The Morgan fingerprint density at radius 3 is 2.50 bits per heavy atom.